The highest BCUT2D eigenvalue weighted by Gasteiger charge is 2.53. The number of likely N-dealkylation sites (tertiary alicyclic amines) is 1. The fraction of sp³-hybridized carbons (Fsp3) is 0.625. The summed E-state index contributed by atoms with van der Waals surface area (Å²) in [6.45, 7) is 6.77. The molecular weight excluding hydrogens is 588 g/mol. The summed E-state index contributed by atoms with van der Waals surface area (Å²) in [4.78, 5) is 54.2. The molecule has 0 unspecified atom stereocenters. The lowest BCUT2D eigenvalue weighted by atomic mass is 9.99. The summed E-state index contributed by atoms with van der Waals surface area (Å²) in [5, 5.41) is 34.3. The number of nitrogens with one attached hydrogen (secondary N) is 1. The smallest absolute Gasteiger partial charge is 0.338 e. The number of aliphatic hydroxyl groups is 3. The Morgan fingerprint density at radius 3 is 2.49 bits per heavy atom. The van der Waals surface area contributed by atoms with Crippen LogP contribution in [0.2, 0.25) is 0 Å². The van der Waals surface area contributed by atoms with E-state index in [2.05, 4.69) is 11.9 Å². The van der Waals surface area contributed by atoms with Gasteiger partial charge in [0, 0.05) is 6.04 Å². The number of ether oxygens (including phenoxy) is 4. The zero-order chi connectivity index (χ0) is 32.7. The summed E-state index contributed by atoms with van der Waals surface area (Å²) in [7, 11) is 0. The molecule has 45 heavy (non-hydrogen) atoms. The van der Waals surface area contributed by atoms with Crippen LogP contribution in [0.5, 0.6) is 0 Å². The van der Waals surface area contributed by atoms with Crippen molar-refractivity contribution in [1.29, 1.82) is 0 Å². The van der Waals surface area contributed by atoms with E-state index in [4.69, 9.17) is 18.9 Å². The molecule has 0 bridgehead atoms. The van der Waals surface area contributed by atoms with Crippen LogP contribution in [-0.2, 0) is 44.5 Å². The molecule has 13 heteroatoms. The number of aliphatic hydroxyl groups excluding tert-OH is 3. The van der Waals surface area contributed by atoms with Crippen molar-refractivity contribution in [3.05, 3.63) is 48.6 Å². The fourth-order valence-corrected chi connectivity index (χ4v) is 6.44. The Hall–Kier alpha value is -3.36. The van der Waals surface area contributed by atoms with Gasteiger partial charge in [-0.05, 0) is 57.4 Å². The second-order valence-corrected chi connectivity index (χ2v) is 11.7. The predicted molar refractivity (Wildman–Crippen MR) is 158 cm³/mol. The number of aryl methyl sites for hydroxylation is 1. The Morgan fingerprint density at radius 2 is 1.80 bits per heavy atom. The number of carbonyl (C=O) groups is 4. The van der Waals surface area contributed by atoms with E-state index in [1.807, 2.05) is 30.3 Å². The van der Waals surface area contributed by atoms with Gasteiger partial charge in [0.2, 0.25) is 12.2 Å². The Balaban J connectivity index is 1.47. The molecule has 3 aliphatic rings. The molecule has 10 atom stereocenters. The van der Waals surface area contributed by atoms with E-state index in [0.717, 1.165) is 18.4 Å². The number of nitrogens with zero attached hydrogens (tertiary/aromatic N) is 1. The van der Waals surface area contributed by atoms with Crippen LogP contribution in [0.1, 0.15) is 51.5 Å². The highest BCUT2D eigenvalue weighted by molar-refractivity contribution is 5.89. The lowest BCUT2D eigenvalue weighted by Crippen LogP contribution is -2.61. The minimum absolute atomic E-state index is 0.0453. The molecular formula is C32H44N2O11. The third-order valence-electron chi connectivity index (χ3n) is 8.70. The first-order valence-electron chi connectivity index (χ1n) is 15.5. The minimum Gasteiger partial charge on any atom is -0.465 e. The van der Waals surface area contributed by atoms with Crippen molar-refractivity contribution in [2.24, 2.45) is 5.92 Å². The largest absolute Gasteiger partial charge is 0.465 e. The maximum absolute atomic E-state index is 14.0. The number of fused-ring (bicyclic) bond motifs is 1. The zero-order valence-electron chi connectivity index (χ0n) is 25.7. The molecule has 248 valence electrons. The third kappa shape index (κ3) is 8.08. The number of amides is 1. The highest BCUT2D eigenvalue weighted by Crippen LogP contribution is 2.42. The molecule has 4 rings (SSSR count). The summed E-state index contributed by atoms with van der Waals surface area (Å²) < 4.78 is 21.0. The fourth-order valence-electron chi connectivity index (χ4n) is 6.44. The molecule has 0 spiro atoms. The van der Waals surface area contributed by atoms with E-state index >= 15 is 0 Å². The van der Waals surface area contributed by atoms with Crippen molar-refractivity contribution in [1.82, 2.24) is 10.2 Å². The van der Waals surface area contributed by atoms with Gasteiger partial charge < -0.3 is 39.2 Å². The van der Waals surface area contributed by atoms with Crippen LogP contribution in [0.25, 0.3) is 0 Å². The van der Waals surface area contributed by atoms with Gasteiger partial charge in [0.05, 0.1) is 12.6 Å². The van der Waals surface area contributed by atoms with Gasteiger partial charge in [-0.3, -0.25) is 14.9 Å². The van der Waals surface area contributed by atoms with E-state index in [0.29, 0.717) is 25.7 Å². The van der Waals surface area contributed by atoms with E-state index in [1.54, 1.807) is 13.8 Å². The SMILES string of the molecule is C=CCOC(=O)[C@H]1O[C@H](OC(=O)[C@@H]2C[C@@H]3CCC[C@@H]3N2C(=O)[C@H](C)N[C@@H](CCc2ccccc2)C(=O)OCC)[C@@H](O)[C@H](O)[C@@H]1O. The summed E-state index contributed by atoms with van der Waals surface area (Å²) >= 11 is 0. The molecule has 13 nitrogen and oxygen atoms in total. The normalized spacial score (nSPS) is 30.6. The molecule has 2 saturated heterocycles. The second kappa shape index (κ2) is 15.8. The van der Waals surface area contributed by atoms with E-state index in [9.17, 15) is 34.5 Å². The molecule has 0 aromatic heterocycles. The molecule has 1 aromatic rings. The summed E-state index contributed by atoms with van der Waals surface area (Å²) in [5.74, 6) is -2.75. The number of hydrogen-bond donors (Lipinski definition) is 4. The van der Waals surface area contributed by atoms with Crippen LogP contribution in [0.3, 0.4) is 0 Å². The van der Waals surface area contributed by atoms with Crippen LogP contribution in [0.4, 0.5) is 0 Å². The lowest BCUT2D eigenvalue weighted by molar-refractivity contribution is -0.288. The topological polar surface area (TPSA) is 181 Å². The van der Waals surface area contributed by atoms with Crippen molar-refractivity contribution < 1.29 is 53.4 Å². The average molecular weight is 633 g/mol. The molecule has 2 heterocycles. The monoisotopic (exact) mass is 632 g/mol. The van der Waals surface area contributed by atoms with Gasteiger partial charge in [0.15, 0.2) is 6.10 Å². The summed E-state index contributed by atoms with van der Waals surface area (Å²) in [6.07, 6.45) is -4.16. The quantitative estimate of drug-likeness (QED) is 0.134. The maximum Gasteiger partial charge on any atom is 0.338 e. The Morgan fingerprint density at radius 1 is 1.07 bits per heavy atom. The van der Waals surface area contributed by atoms with E-state index < -0.39 is 72.6 Å². The first-order chi connectivity index (χ1) is 21.6. The average Bonchev–Trinajstić information content (AvgIpc) is 3.64. The van der Waals surface area contributed by atoms with E-state index in [1.165, 1.54) is 11.0 Å². The summed E-state index contributed by atoms with van der Waals surface area (Å²) in [5.41, 5.74) is 1.03. The summed E-state index contributed by atoms with van der Waals surface area (Å²) in [6, 6.07) is 6.75. The molecule has 1 aliphatic carbocycles. The second-order valence-electron chi connectivity index (χ2n) is 11.7. The van der Waals surface area contributed by atoms with Gasteiger partial charge in [0.1, 0.15) is 37.0 Å². The molecule has 1 saturated carbocycles. The molecule has 1 aromatic carbocycles. The molecule has 4 N–H and O–H groups in total. The Bertz CT molecular complexity index is 1200. The van der Waals surface area contributed by atoms with Crippen molar-refractivity contribution >= 4 is 23.8 Å². The molecule has 3 fully saturated rings. The van der Waals surface area contributed by atoms with Gasteiger partial charge in [-0.1, -0.05) is 49.4 Å². The van der Waals surface area contributed by atoms with Gasteiger partial charge in [-0.15, -0.1) is 0 Å². The van der Waals surface area contributed by atoms with Crippen LogP contribution in [0, 0.1) is 5.92 Å². The number of carbonyl (C=O) groups excluding carboxylic acids is 4. The Labute approximate surface area is 262 Å². The number of hydrogen-bond acceptors (Lipinski definition) is 12. The first kappa shape index (κ1) is 34.5. The van der Waals surface area contributed by atoms with Gasteiger partial charge in [0.25, 0.3) is 0 Å². The highest BCUT2D eigenvalue weighted by atomic mass is 16.7. The standard InChI is InChI=1S/C32H44N2O11/c1-4-16-43-31(41)27-25(36)24(35)26(37)32(44-27)45-30(40)23-17-20-12-9-13-22(20)34(23)28(38)18(3)33-21(29(39)42-5-2)15-14-19-10-7-6-8-11-19/h4,6-8,10-11,18,20-27,32-33,35-37H,1,5,9,12-17H2,2-3H3/t18-,20-,21-,22-,23-,24+,25-,26-,27-,32+/m0/s1. The molecule has 2 aliphatic heterocycles. The molecule has 1 amide bonds. The van der Waals surface area contributed by atoms with E-state index in [-0.39, 0.29) is 25.2 Å². The predicted octanol–water partition coefficient (Wildman–Crippen LogP) is 0.379. The van der Waals surface area contributed by atoms with Crippen LogP contribution < -0.4 is 5.32 Å². The number of benzene rings is 1. The van der Waals surface area contributed by atoms with Gasteiger partial charge >= 0.3 is 17.9 Å². The van der Waals surface area contributed by atoms with Crippen molar-refractivity contribution in [2.45, 2.75) is 107 Å². The van der Waals surface area contributed by atoms with Gasteiger partial charge in [-0.25, -0.2) is 9.59 Å². The van der Waals surface area contributed by atoms with Crippen LogP contribution in [-0.4, -0.2) is 112 Å². The van der Waals surface area contributed by atoms with Crippen molar-refractivity contribution in [3.63, 3.8) is 0 Å². The maximum atomic E-state index is 14.0. The van der Waals surface area contributed by atoms with Crippen LogP contribution >= 0.6 is 0 Å². The number of esters is 3. The third-order valence-corrected chi connectivity index (χ3v) is 8.70. The minimum atomic E-state index is -1.88. The van der Waals surface area contributed by atoms with Crippen molar-refractivity contribution in [3.8, 4) is 0 Å². The van der Waals surface area contributed by atoms with Crippen molar-refractivity contribution in [2.75, 3.05) is 13.2 Å². The number of rotatable bonds is 13. The Kier molecular flexibility index (Phi) is 12.1. The lowest BCUT2D eigenvalue weighted by Gasteiger charge is -2.39. The first-order valence-corrected chi connectivity index (χ1v) is 15.5. The van der Waals surface area contributed by atoms with Gasteiger partial charge in [-0.2, -0.15) is 0 Å². The molecule has 0 radical (unpaired) electrons. The zero-order valence-corrected chi connectivity index (χ0v) is 25.7. The van der Waals surface area contributed by atoms with Crippen LogP contribution in [0.15, 0.2) is 43.0 Å².